The molecule has 4 heterocycles. The standard InChI is InChI=1S/C24H29N5O/c1-16-12-20(28-11-8-21(15-28)29-10-3-4-17(29)2)5-6-22(16)27-24(30)19-13-18-7-9-25-23(18)26-14-19/h5-7,9,12-14,17,21H,3-4,8,10-11,15H2,1-2H3,(H,25,26)(H,27,30)/t17-,21-/m0/s1. The van der Waals surface area contributed by atoms with Gasteiger partial charge in [-0.05, 0) is 75.5 Å². The number of rotatable bonds is 4. The van der Waals surface area contributed by atoms with Gasteiger partial charge in [-0.3, -0.25) is 9.69 Å². The molecule has 156 valence electrons. The number of fused-ring (bicyclic) bond motifs is 1. The first-order valence-electron chi connectivity index (χ1n) is 10.9. The molecule has 1 aromatic carbocycles. The van der Waals surface area contributed by atoms with E-state index in [2.05, 4.69) is 51.1 Å². The summed E-state index contributed by atoms with van der Waals surface area (Å²) >= 11 is 0. The molecule has 2 fully saturated rings. The third-order valence-electron chi connectivity index (χ3n) is 6.72. The van der Waals surface area contributed by atoms with E-state index in [-0.39, 0.29) is 5.91 Å². The molecule has 2 N–H and O–H groups in total. The molecule has 2 saturated heterocycles. The fourth-order valence-corrected chi connectivity index (χ4v) is 4.99. The Morgan fingerprint density at radius 3 is 2.90 bits per heavy atom. The second kappa shape index (κ2) is 7.76. The van der Waals surface area contributed by atoms with Crippen molar-refractivity contribution >= 4 is 28.3 Å². The molecule has 2 aliphatic heterocycles. The molecule has 0 spiro atoms. The van der Waals surface area contributed by atoms with Crippen molar-refractivity contribution in [1.29, 1.82) is 0 Å². The van der Waals surface area contributed by atoms with Crippen LogP contribution in [-0.2, 0) is 0 Å². The number of nitrogens with zero attached hydrogens (tertiary/aromatic N) is 3. The molecule has 6 heteroatoms. The topological polar surface area (TPSA) is 64.3 Å². The Morgan fingerprint density at radius 1 is 1.20 bits per heavy atom. The third-order valence-corrected chi connectivity index (χ3v) is 6.72. The summed E-state index contributed by atoms with van der Waals surface area (Å²) in [5, 5.41) is 3.98. The Kier molecular flexibility index (Phi) is 4.95. The predicted octanol–water partition coefficient (Wildman–Crippen LogP) is 4.19. The van der Waals surface area contributed by atoms with Gasteiger partial charge in [0.2, 0.25) is 0 Å². The molecule has 2 atom stereocenters. The van der Waals surface area contributed by atoms with Gasteiger partial charge in [-0.15, -0.1) is 0 Å². The average Bonchev–Trinajstić information content (AvgIpc) is 3.48. The van der Waals surface area contributed by atoms with E-state index in [0.29, 0.717) is 17.6 Å². The van der Waals surface area contributed by atoms with Gasteiger partial charge in [0.05, 0.1) is 5.56 Å². The predicted molar refractivity (Wildman–Crippen MR) is 121 cm³/mol. The number of aryl methyl sites for hydroxylation is 1. The van der Waals surface area contributed by atoms with Crippen molar-refractivity contribution in [3.63, 3.8) is 0 Å². The van der Waals surface area contributed by atoms with Crippen LogP contribution in [-0.4, -0.2) is 52.5 Å². The van der Waals surface area contributed by atoms with Gasteiger partial charge < -0.3 is 15.2 Å². The van der Waals surface area contributed by atoms with Crippen LogP contribution in [0.3, 0.4) is 0 Å². The second-order valence-electron chi connectivity index (χ2n) is 8.71. The Bertz CT molecular complexity index is 1070. The molecule has 0 radical (unpaired) electrons. The van der Waals surface area contributed by atoms with E-state index in [4.69, 9.17) is 0 Å². The molecule has 0 unspecified atom stereocenters. The minimum Gasteiger partial charge on any atom is -0.370 e. The summed E-state index contributed by atoms with van der Waals surface area (Å²) in [4.78, 5) is 25.3. The van der Waals surface area contributed by atoms with E-state index >= 15 is 0 Å². The highest BCUT2D eigenvalue weighted by Gasteiger charge is 2.33. The molecule has 5 rings (SSSR count). The number of carbonyl (C=O) groups excluding carboxylic acids is 1. The largest absolute Gasteiger partial charge is 0.370 e. The highest BCUT2D eigenvalue weighted by molar-refractivity contribution is 6.06. The highest BCUT2D eigenvalue weighted by atomic mass is 16.1. The van der Waals surface area contributed by atoms with Gasteiger partial charge in [0, 0.05) is 54.3 Å². The summed E-state index contributed by atoms with van der Waals surface area (Å²) in [7, 11) is 0. The summed E-state index contributed by atoms with van der Waals surface area (Å²) in [6.07, 6.45) is 7.34. The summed E-state index contributed by atoms with van der Waals surface area (Å²) in [5.41, 5.74) is 4.53. The number of likely N-dealkylation sites (tertiary alicyclic amines) is 1. The van der Waals surface area contributed by atoms with Crippen molar-refractivity contribution in [3.8, 4) is 0 Å². The summed E-state index contributed by atoms with van der Waals surface area (Å²) < 4.78 is 0. The number of pyridine rings is 1. The van der Waals surface area contributed by atoms with E-state index in [1.54, 1.807) is 6.20 Å². The lowest BCUT2D eigenvalue weighted by Gasteiger charge is -2.28. The minimum absolute atomic E-state index is 0.134. The maximum Gasteiger partial charge on any atom is 0.257 e. The van der Waals surface area contributed by atoms with E-state index in [0.717, 1.165) is 35.4 Å². The monoisotopic (exact) mass is 403 g/mol. The van der Waals surface area contributed by atoms with Crippen LogP contribution in [0.4, 0.5) is 11.4 Å². The average molecular weight is 404 g/mol. The van der Waals surface area contributed by atoms with Gasteiger partial charge in [0.1, 0.15) is 5.65 Å². The zero-order valence-electron chi connectivity index (χ0n) is 17.7. The Balaban J connectivity index is 1.27. The third kappa shape index (κ3) is 3.56. The lowest BCUT2D eigenvalue weighted by molar-refractivity contribution is 0.102. The fourth-order valence-electron chi connectivity index (χ4n) is 4.99. The maximum atomic E-state index is 12.7. The number of H-pyrrole nitrogens is 1. The SMILES string of the molecule is Cc1cc(N2CC[C@H](N3CCC[C@@H]3C)C2)ccc1NC(=O)c1cnc2[nH]ccc2c1. The Labute approximate surface area is 177 Å². The lowest BCUT2D eigenvalue weighted by atomic mass is 10.1. The van der Waals surface area contributed by atoms with Crippen LogP contribution >= 0.6 is 0 Å². The number of hydrogen-bond acceptors (Lipinski definition) is 4. The van der Waals surface area contributed by atoms with Gasteiger partial charge >= 0.3 is 0 Å². The van der Waals surface area contributed by atoms with Gasteiger partial charge in [-0.25, -0.2) is 4.98 Å². The van der Waals surface area contributed by atoms with Crippen LogP contribution in [0, 0.1) is 6.92 Å². The first-order chi connectivity index (χ1) is 14.6. The molecule has 1 amide bonds. The van der Waals surface area contributed by atoms with Crippen molar-refractivity contribution in [2.24, 2.45) is 0 Å². The van der Waals surface area contributed by atoms with Crippen LogP contribution in [0.25, 0.3) is 11.0 Å². The zero-order valence-corrected chi connectivity index (χ0v) is 17.7. The van der Waals surface area contributed by atoms with Gasteiger partial charge in [-0.2, -0.15) is 0 Å². The normalized spacial score (nSPS) is 22.1. The lowest BCUT2D eigenvalue weighted by Crippen LogP contribution is -2.39. The smallest absolute Gasteiger partial charge is 0.257 e. The van der Waals surface area contributed by atoms with Crippen molar-refractivity contribution in [2.75, 3.05) is 29.9 Å². The highest BCUT2D eigenvalue weighted by Crippen LogP contribution is 2.30. The molecule has 3 aromatic rings. The number of aromatic nitrogens is 2. The first-order valence-corrected chi connectivity index (χ1v) is 10.9. The molecule has 0 saturated carbocycles. The number of benzene rings is 1. The number of hydrogen-bond donors (Lipinski definition) is 2. The number of anilines is 2. The van der Waals surface area contributed by atoms with Gasteiger partial charge in [-0.1, -0.05) is 0 Å². The van der Waals surface area contributed by atoms with Crippen LogP contribution in [0.5, 0.6) is 0 Å². The van der Waals surface area contributed by atoms with Crippen molar-refractivity contribution < 1.29 is 4.79 Å². The fraction of sp³-hybridized carbons (Fsp3) is 0.417. The number of carbonyl (C=O) groups is 1. The van der Waals surface area contributed by atoms with Crippen molar-refractivity contribution in [1.82, 2.24) is 14.9 Å². The van der Waals surface area contributed by atoms with Crippen LogP contribution in [0.2, 0.25) is 0 Å². The minimum atomic E-state index is -0.134. The van der Waals surface area contributed by atoms with Crippen molar-refractivity contribution in [2.45, 2.75) is 45.2 Å². The Hall–Kier alpha value is -2.86. The molecule has 2 aromatic heterocycles. The number of nitrogens with one attached hydrogen (secondary N) is 2. The van der Waals surface area contributed by atoms with Crippen LogP contribution < -0.4 is 10.2 Å². The van der Waals surface area contributed by atoms with Crippen LogP contribution in [0.15, 0.2) is 42.7 Å². The van der Waals surface area contributed by atoms with Crippen LogP contribution in [0.1, 0.15) is 42.1 Å². The second-order valence-corrected chi connectivity index (χ2v) is 8.71. The van der Waals surface area contributed by atoms with Gasteiger partial charge in [0.15, 0.2) is 0 Å². The quantitative estimate of drug-likeness (QED) is 0.686. The molecular formula is C24H29N5O. The van der Waals surface area contributed by atoms with E-state index in [1.165, 1.54) is 31.5 Å². The molecular weight excluding hydrogens is 374 g/mol. The number of amides is 1. The van der Waals surface area contributed by atoms with E-state index < -0.39 is 0 Å². The summed E-state index contributed by atoms with van der Waals surface area (Å²) in [6, 6.07) is 11.5. The van der Waals surface area contributed by atoms with E-state index in [1.807, 2.05) is 24.4 Å². The zero-order chi connectivity index (χ0) is 20.7. The van der Waals surface area contributed by atoms with Crippen molar-refractivity contribution in [3.05, 3.63) is 53.9 Å². The molecule has 0 bridgehead atoms. The summed E-state index contributed by atoms with van der Waals surface area (Å²) in [5.74, 6) is -0.134. The maximum absolute atomic E-state index is 12.7. The van der Waals surface area contributed by atoms with Gasteiger partial charge in [0.25, 0.3) is 5.91 Å². The molecule has 2 aliphatic rings. The molecule has 6 nitrogen and oxygen atoms in total. The first kappa shape index (κ1) is 19.1. The summed E-state index contributed by atoms with van der Waals surface area (Å²) in [6.45, 7) is 7.86. The molecule has 0 aliphatic carbocycles. The Morgan fingerprint density at radius 2 is 2.10 bits per heavy atom. The number of aromatic amines is 1. The van der Waals surface area contributed by atoms with E-state index in [9.17, 15) is 4.79 Å². The molecule has 30 heavy (non-hydrogen) atoms.